The third-order valence-electron chi connectivity index (χ3n) is 5.68. The predicted octanol–water partition coefficient (Wildman–Crippen LogP) is 4.58. The summed E-state index contributed by atoms with van der Waals surface area (Å²) in [4.78, 5) is 36.7. The van der Waals surface area contributed by atoms with Gasteiger partial charge in [0.1, 0.15) is 0 Å². The monoisotopic (exact) mass is 421 g/mol. The minimum absolute atomic E-state index is 0.0291. The maximum Gasteiger partial charge on any atom is 0.269 e. The van der Waals surface area contributed by atoms with Gasteiger partial charge in [0.05, 0.1) is 0 Å². The summed E-state index contributed by atoms with van der Waals surface area (Å²) in [5.74, 6) is -0.349. The second-order valence-electron chi connectivity index (χ2n) is 9.22. The lowest BCUT2D eigenvalue weighted by molar-refractivity contribution is -0.122. The Morgan fingerprint density at radius 1 is 0.806 bits per heavy atom. The van der Waals surface area contributed by atoms with Gasteiger partial charge in [0.15, 0.2) is 0 Å². The Morgan fingerprint density at radius 3 is 1.94 bits per heavy atom. The number of carbonyl (C=O) groups is 3. The summed E-state index contributed by atoms with van der Waals surface area (Å²) in [5, 5.41) is 2.83. The SMILES string of the molecule is CC(C)(C)c1ccc(C(=O)Nc2ccc(C(=O)NNC(=O)CC3CCCC3)cc2)cc1. The Morgan fingerprint density at radius 2 is 1.35 bits per heavy atom. The second kappa shape index (κ2) is 9.77. The molecule has 0 saturated heterocycles. The van der Waals surface area contributed by atoms with Crippen molar-refractivity contribution in [1.29, 1.82) is 0 Å². The van der Waals surface area contributed by atoms with E-state index >= 15 is 0 Å². The van der Waals surface area contributed by atoms with Gasteiger partial charge < -0.3 is 5.32 Å². The van der Waals surface area contributed by atoms with Gasteiger partial charge in [0, 0.05) is 23.2 Å². The van der Waals surface area contributed by atoms with Gasteiger partial charge in [-0.2, -0.15) is 0 Å². The Balaban J connectivity index is 1.50. The van der Waals surface area contributed by atoms with Crippen molar-refractivity contribution >= 4 is 23.4 Å². The minimum Gasteiger partial charge on any atom is -0.322 e. The summed E-state index contributed by atoms with van der Waals surface area (Å²) in [5.41, 5.74) is 7.68. The van der Waals surface area contributed by atoms with Crippen LogP contribution >= 0.6 is 0 Å². The van der Waals surface area contributed by atoms with Crippen LogP contribution in [0.3, 0.4) is 0 Å². The van der Waals surface area contributed by atoms with Crippen molar-refractivity contribution in [2.45, 2.75) is 58.3 Å². The van der Waals surface area contributed by atoms with E-state index in [2.05, 4.69) is 36.9 Å². The van der Waals surface area contributed by atoms with E-state index in [9.17, 15) is 14.4 Å². The molecule has 0 heterocycles. The van der Waals surface area contributed by atoms with E-state index in [1.807, 2.05) is 24.3 Å². The summed E-state index contributed by atoms with van der Waals surface area (Å²) in [6.45, 7) is 6.38. The van der Waals surface area contributed by atoms with Crippen LogP contribution < -0.4 is 16.2 Å². The number of amides is 3. The molecule has 0 bridgehead atoms. The molecule has 0 aliphatic heterocycles. The number of hydrazine groups is 1. The molecule has 164 valence electrons. The van der Waals surface area contributed by atoms with Gasteiger partial charge in [-0.1, -0.05) is 45.7 Å². The highest BCUT2D eigenvalue weighted by Crippen LogP contribution is 2.27. The molecule has 0 atom stereocenters. The molecule has 0 spiro atoms. The zero-order valence-electron chi connectivity index (χ0n) is 18.5. The zero-order chi connectivity index (χ0) is 22.4. The third-order valence-corrected chi connectivity index (χ3v) is 5.68. The van der Waals surface area contributed by atoms with Crippen LogP contribution in [-0.2, 0) is 10.2 Å². The zero-order valence-corrected chi connectivity index (χ0v) is 18.5. The largest absolute Gasteiger partial charge is 0.322 e. The van der Waals surface area contributed by atoms with Crippen molar-refractivity contribution in [2.75, 3.05) is 5.32 Å². The van der Waals surface area contributed by atoms with Crippen molar-refractivity contribution in [3.05, 3.63) is 65.2 Å². The van der Waals surface area contributed by atoms with Crippen molar-refractivity contribution < 1.29 is 14.4 Å². The van der Waals surface area contributed by atoms with Crippen molar-refractivity contribution in [1.82, 2.24) is 10.9 Å². The van der Waals surface area contributed by atoms with Gasteiger partial charge in [-0.15, -0.1) is 0 Å². The molecule has 3 N–H and O–H groups in total. The van der Waals surface area contributed by atoms with Crippen molar-refractivity contribution in [3.8, 4) is 0 Å². The van der Waals surface area contributed by atoms with Crippen molar-refractivity contribution in [3.63, 3.8) is 0 Å². The number of anilines is 1. The molecule has 6 heteroatoms. The summed E-state index contributed by atoms with van der Waals surface area (Å²) < 4.78 is 0. The molecule has 3 amide bonds. The molecule has 0 aromatic heterocycles. The van der Waals surface area contributed by atoms with Gasteiger partial charge in [0.2, 0.25) is 5.91 Å². The highest BCUT2D eigenvalue weighted by atomic mass is 16.2. The number of nitrogens with one attached hydrogen (secondary N) is 3. The highest BCUT2D eigenvalue weighted by molar-refractivity contribution is 6.04. The molecule has 31 heavy (non-hydrogen) atoms. The summed E-state index contributed by atoms with van der Waals surface area (Å²) in [6.07, 6.45) is 4.96. The molecule has 0 radical (unpaired) electrons. The fourth-order valence-corrected chi connectivity index (χ4v) is 3.76. The molecule has 0 unspecified atom stereocenters. The molecule has 1 aliphatic carbocycles. The van der Waals surface area contributed by atoms with Crippen LogP contribution in [0.25, 0.3) is 0 Å². The number of hydrogen-bond donors (Lipinski definition) is 3. The third kappa shape index (κ3) is 6.41. The molecule has 3 rings (SSSR count). The second-order valence-corrected chi connectivity index (χ2v) is 9.22. The molecule has 2 aromatic rings. The number of benzene rings is 2. The molecular formula is C25H31N3O3. The van der Waals surface area contributed by atoms with Crippen LogP contribution in [-0.4, -0.2) is 17.7 Å². The van der Waals surface area contributed by atoms with Crippen molar-refractivity contribution in [2.24, 2.45) is 5.92 Å². The van der Waals surface area contributed by atoms with Gasteiger partial charge >= 0.3 is 0 Å². The standard InChI is InChI=1S/C25H31N3O3/c1-25(2,3)20-12-8-18(9-13-20)23(30)26-21-14-10-19(11-15-21)24(31)28-27-22(29)16-17-6-4-5-7-17/h8-15,17H,4-7,16H2,1-3H3,(H,26,30)(H,27,29)(H,28,31). The van der Waals surface area contributed by atoms with Gasteiger partial charge in [-0.05, 0) is 66.1 Å². The van der Waals surface area contributed by atoms with Crippen LogP contribution in [0.1, 0.15) is 79.2 Å². The quantitative estimate of drug-likeness (QED) is 0.618. The predicted molar refractivity (Wildman–Crippen MR) is 122 cm³/mol. The lowest BCUT2D eigenvalue weighted by Gasteiger charge is -2.19. The Bertz CT molecular complexity index is 922. The van der Waals surface area contributed by atoms with E-state index in [1.165, 1.54) is 12.8 Å². The normalized spacial score (nSPS) is 14.2. The van der Waals surface area contributed by atoms with E-state index in [1.54, 1.807) is 24.3 Å². The van der Waals surface area contributed by atoms with Crippen LogP contribution in [0.5, 0.6) is 0 Å². The first-order valence-corrected chi connectivity index (χ1v) is 10.8. The Hall–Kier alpha value is -3.15. The number of carbonyl (C=O) groups excluding carboxylic acids is 3. The van der Waals surface area contributed by atoms with Crippen LogP contribution in [0, 0.1) is 5.92 Å². The average molecular weight is 422 g/mol. The topological polar surface area (TPSA) is 87.3 Å². The smallest absolute Gasteiger partial charge is 0.269 e. The molecule has 1 saturated carbocycles. The van der Waals surface area contributed by atoms with Gasteiger partial charge in [0.25, 0.3) is 11.8 Å². The van der Waals surface area contributed by atoms with E-state index < -0.39 is 5.91 Å². The van der Waals surface area contributed by atoms with Gasteiger partial charge in [-0.25, -0.2) is 0 Å². The average Bonchev–Trinajstić information content (AvgIpc) is 3.25. The van der Waals surface area contributed by atoms with E-state index in [-0.39, 0.29) is 17.2 Å². The number of rotatable bonds is 5. The Labute approximate surface area is 183 Å². The summed E-state index contributed by atoms with van der Waals surface area (Å²) in [7, 11) is 0. The van der Waals surface area contributed by atoms with Crippen LogP contribution in [0.15, 0.2) is 48.5 Å². The molecule has 1 fully saturated rings. The first kappa shape index (κ1) is 22.5. The lowest BCUT2D eigenvalue weighted by Crippen LogP contribution is -2.42. The molecule has 6 nitrogen and oxygen atoms in total. The van der Waals surface area contributed by atoms with Crippen LogP contribution in [0.4, 0.5) is 5.69 Å². The fourth-order valence-electron chi connectivity index (χ4n) is 3.76. The first-order chi connectivity index (χ1) is 14.7. The number of hydrogen-bond acceptors (Lipinski definition) is 3. The minimum atomic E-state index is -0.393. The van der Waals surface area contributed by atoms with Crippen LogP contribution in [0.2, 0.25) is 0 Å². The lowest BCUT2D eigenvalue weighted by atomic mass is 9.87. The molecule has 1 aliphatic rings. The molecule has 2 aromatic carbocycles. The maximum absolute atomic E-state index is 12.5. The van der Waals surface area contributed by atoms with E-state index in [0.29, 0.717) is 29.2 Å². The maximum atomic E-state index is 12.5. The first-order valence-electron chi connectivity index (χ1n) is 10.8. The summed E-state index contributed by atoms with van der Waals surface area (Å²) in [6, 6.07) is 14.1. The van der Waals surface area contributed by atoms with E-state index in [4.69, 9.17) is 0 Å². The Kier molecular flexibility index (Phi) is 7.10. The highest BCUT2D eigenvalue weighted by Gasteiger charge is 2.19. The van der Waals surface area contributed by atoms with E-state index in [0.717, 1.165) is 18.4 Å². The fraction of sp³-hybridized carbons (Fsp3) is 0.400. The molecular weight excluding hydrogens is 390 g/mol. The van der Waals surface area contributed by atoms with Gasteiger partial charge in [-0.3, -0.25) is 25.2 Å². The summed E-state index contributed by atoms with van der Waals surface area (Å²) >= 11 is 0.